The van der Waals surface area contributed by atoms with E-state index in [4.69, 9.17) is 0 Å². The molecule has 3 aromatic carbocycles. The fourth-order valence-corrected chi connectivity index (χ4v) is 3.45. The fraction of sp³-hybridized carbons (Fsp3) is 0.174. The van der Waals surface area contributed by atoms with Crippen LogP contribution in [-0.2, 0) is 0 Å². The number of halogens is 1. The molecule has 0 fully saturated rings. The van der Waals surface area contributed by atoms with Crippen molar-refractivity contribution in [1.29, 1.82) is 0 Å². The smallest absolute Gasteiger partial charge is 0.262 e. The number of rotatable bonds is 3. The lowest BCUT2D eigenvalue weighted by molar-refractivity contribution is 0.0975. The summed E-state index contributed by atoms with van der Waals surface area (Å²) in [6, 6.07) is 21.8. The van der Waals surface area contributed by atoms with Gasteiger partial charge in [-0.15, -0.1) is 0 Å². The van der Waals surface area contributed by atoms with Gasteiger partial charge in [0.15, 0.2) is 0 Å². The summed E-state index contributed by atoms with van der Waals surface area (Å²) in [5.41, 5.74) is 4.05. The molecule has 0 saturated carbocycles. The van der Waals surface area contributed by atoms with Gasteiger partial charge >= 0.3 is 0 Å². The second-order valence-corrected chi connectivity index (χ2v) is 7.07. The third-order valence-electron chi connectivity index (χ3n) is 4.93. The number of carbonyl (C=O) groups is 1. The Kier molecular flexibility index (Phi) is 4.40. The van der Waals surface area contributed by atoms with Gasteiger partial charge in [-0.25, -0.2) is 4.39 Å². The molecule has 1 unspecified atom stereocenters. The lowest BCUT2D eigenvalue weighted by Crippen LogP contribution is -2.43. The van der Waals surface area contributed by atoms with E-state index in [1.54, 1.807) is 11.0 Å². The molecule has 0 aromatic heterocycles. The Morgan fingerprint density at radius 3 is 2.41 bits per heavy atom. The van der Waals surface area contributed by atoms with Crippen LogP contribution in [0.4, 0.5) is 15.8 Å². The monoisotopic (exact) mass is 360 g/mol. The standard InChI is InChI=1S/C23H21FN2O/c1-15(2)16-10-12-19(13-11-16)26-22(17-6-5-7-18(24)14-17)25-21-9-4-3-8-20(21)23(26)27/h3-15,22,25H,1-2H3. The summed E-state index contributed by atoms with van der Waals surface area (Å²) in [5.74, 6) is -0.0133. The third kappa shape index (κ3) is 3.19. The second-order valence-electron chi connectivity index (χ2n) is 7.07. The summed E-state index contributed by atoms with van der Waals surface area (Å²) in [6.45, 7) is 4.27. The van der Waals surface area contributed by atoms with Gasteiger partial charge in [0.05, 0.1) is 5.56 Å². The van der Waals surface area contributed by atoms with Crippen LogP contribution in [0.3, 0.4) is 0 Å². The van der Waals surface area contributed by atoms with Gasteiger partial charge in [0.2, 0.25) is 0 Å². The second kappa shape index (κ2) is 6.88. The highest BCUT2D eigenvalue weighted by Crippen LogP contribution is 2.37. The predicted molar refractivity (Wildman–Crippen MR) is 107 cm³/mol. The Bertz CT molecular complexity index is 982. The topological polar surface area (TPSA) is 32.3 Å². The van der Waals surface area contributed by atoms with Gasteiger partial charge in [-0.2, -0.15) is 0 Å². The highest BCUT2D eigenvalue weighted by molar-refractivity contribution is 6.12. The number of nitrogens with one attached hydrogen (secondary N) is 1. The van der Waals surface area contributed by atoms with Crippen LogP contribution in [0.2, 0.25) is 0 Å². The Labute approximate surface area is 158 Å². The minimum atomic E-state index is -0.479. The normalized spacial score (nSPS) is 16.2. The van der Waals surface area contributed by atoms with Crippen molar-refractivity contribution in [3.05, 3.63) is 95.3 Å². The van der Waals surface area contributed by atoms with Crippen molar-refractivity contribution in [3.63, 3.8) is 0 Å². The van der Waals surface area contributed by atoms with Gasteiger partial charge in [-0.05, 0) is 53.4 Å². The van der Waals surface area contributed by atoms with Gasteiger partial charge < -0.3 is 5.32 Å². The number of anilines is 2. The number of hydrogen-bond donors (Lipinski definition) is 1. The minimum absolute atomic E-state index is 0.101. The summed E-state index contributed by atoms with van der Waals surface area (Å²) in [7, 11) is 0. The highest BCUT2D eigenvalue weighted by atomic mass is 19.1. The molecular formula is C23H21FN2O. The first-order chi connectivity index (χ1) is 13.0. The Morgan fingerprint density at radius 2 is 1.70 bits per heavy atom. The molecule has 27 heavy (non-hydrogen) atoms. The molecule has 4 heteroatoms. The van der Waals surface area contributed by atoms with Crippen LogP contribution in [0.5, 0.6) is 0 Å². The molecule has 1 N–H and O–H groups in total. The summed E-state index contributed by atoms with van der Waals surface area (Å²) in [6.07, 6.45) is -0.479. The first kappa shape index (κ1) is 17.3. The molecule has 1 aliphatic heterocycles. The largest absolute Gasteiger partial charge is 0.360 e. The van der Waals surface area contributed by atoms with Crippen LogP contribution in [0.1, 0.15) is 47.4 Å². The van der Waals surface area contributed by atoms with E-state index in [1.807, 2.05) is 54.6 Å². The summed E-state index contributed by atoms with van der Waals surface area (Å²) in [5, 5.41) is 3.40. The molecule has 1 amide bonds. The van der Waals surface area contributed by atoms with Crippen molar-refractivity contribution < 1.29 is 9.18 Å². The maximum atomic E-state index is 13.9. The number of hydrogen-bond acceptors (Lipinski definition) is 2. The molecule has 0 saturated heterocycles. The molecule has 0 bridgehead atoms. The zero-order valence-corrected chi connectivity index (χ0v) is 15.3. The van der Waals surface area contributed by atoms with E-state index in [1.165, 1.54) is 17.7 Å². The van der Waals surface area contributed by atoms with E-state index in [9.17, 15) is 9.18 Å². The first-order valence-electron chi connectivity index (χ1n) is 9.09. The van der Waals surface area contributed by atoms with E-state index >= 15 is 0 Å². The van der Waals surface area contributed by atoms with Crippen LogP contribution in [0, 0.1) is 5.82 Å². The van der Waals surface area contributed by atoms with Crippen LogP contribution in [0.15, 0.2) is 72.8 Å². The molecule has 0 aliphatic carbocycles. The van der Waals surface area contributed by atoms with Gasteiger partial charge in [0.25, 0.3) is 5.91 Å². The van der Waals surface area contributed by atoms with Gasteiger partial charge in [0, 0.05) is 11.4 Å². The SMILES string of the molecule is CC(C)c1ccc(N2C(=O)c3ccccc3NC2c2cccc(F)c2)cc1. The molecule has 1 heterocycles. The van der Waals surface area contributed by atoms with Crippen molar-refractivity contribution in [3.8, 4) is 0 Å². The molecule has 0 spiro atoms. The number of fused-ring (bicyclic) bond motifs is 1. The van der Waals surface area contributed by atoms with Gasteiger partial charge in [0.1, 0.15) is 12.0 Å². The average molecular weight is 360 g/mol. The Balaban J connectivity index is 1.83. The van der Waals surface area contributed by atoms with Gasteiger partial charge in [-0.1, -0.05) is 50.2 Å². The summed E-state index contributed by atoms with van der Waals surface area (Å²) < 4.78 is 13.9. The van der Waals surface area contributed by atoms with E-state index in [-0.39, 0.29) is 11.7 Å². The fourth-order valence-electron chi connectivity index (χ4n) is 3.45. The number of benzene rings is 3. The maximum Gasteiger partial charge on any atom is 0.262 e. The molecule has 4 rings (SSSR count). The number of amides is 1. The van der Waals surface area contributed by atoms with Crippen LogP contribution < -0.4 is 10.2 Å². The van der Waals surface area contributed by atoms with Crippen molar-refractivity contribution >= 4 is 17.3 Å². The van der Waals surface area contributed by atoms with E-state index in [2.05, 4.69) is 19.2 Å². The molecule has 3 aromatic rings. The maximum absolute atomic E-state index is 13.9. The van der Waals surface area contributed by atoms with Gasteiger partial charge in [-0.3, -0.25) is 9.69 Å². The zero-order chi connectivity index (χ0) is 19.0. The number of para-hydroxylation sites is 1. The zero-order valence-electron chi connectivity index (χ0n) is 15.3. The summed E-state index contributed by atoms with van der Waals surface area (Å²) in [4.78, 5) is 15.0. The van der Waals surface area contributed by atoms with Crippen molar-refractivity contribution in [1.82, 2.24) is 0 Å². The molecular weight excluding hydrogens is 339 g/mol. The summed E-state index contributed by atoms with van der Waals surface area (Å²) >= 11 is 0. The quantitative estimate of drug-likeness (QED) is 0.648. The number of nitrogens with zero attached hydrogens (tertiary/aromatic N) is 1. The minimum Gasteiger partial charge on any atom is -0.360 e. The predicted octanol–water partition coefficient (Wildman–Crippen LogP) is 5.72. The van der Waals surface area contributed by atoms with Crippen LogP contribution >= 0.6 is 0 Å². The van der Waals surface area contributed by atoms with E-state index in [0.29, 0.717) is 17.0 Å². The molecule has 1 aliphatic rings. The van der Waals surface area contributed by atoms with Crippen LogP contribution in [0.25, 0.3) is 0 Å². The molecule has 0 radical (unpaired) electrons. The highest BCUT2D eigenvalue weighted by Gasteiger charge is 2.34. The van der Waals surface area contributed by atoms with Crippen molar-refractivity contribution in [2.24, 2.45) is 0 Å². The lowest BCUT2D eigenvalue weighted by Gasteiger charge is -2.38. The first-order valence-corrected chi connectivity index (χ1v) is 9.09. The van der Waals surface area contributed by atoms with E-state index in [0.717, 1.165) is 11.4 Å². The average Bonchev–Trinajstić information content (AvgIpc) is 2.68. The van der Waals surface area contributed by atoms with Crippen LogP contribution in [-0.4, -0.2) is 5.91 Å². The number of carbonyl (C=O) groups excluding carboxylic acids is 1. The third-order valence-corrected chi connectivity index (χ3v) is 4.93. The lowest BCUT2D eigenvalue weighted by atomic mass is 10.00. The van der Waals surface area contributed by atoms with Crippen molar-refractivity contribution in [2.45, 2.75) is 25.9 Å². The molecule has 1 atom stereocenters. The molecule has 3 nitrogen and oxygen atoms in total. The Morgan fingerprint density at radius 1 is 0.963 bits per heavy atom. The van der Waals surface area contributed by atoms with Crippen molar-refractivity contribution in [2.75, 3.05) is 10.2 Å². The Hall–Kier alpha value is -3.14. The molecule has 136 valence electrons. The van der Waals surface area contributed by atoms with E-state index < -0.39 is 6.17 Å².